The van der Waals surface area contributed by atoms with Gasteiger partial charge in [-0.05, 0) is 26.0 Å². The molecule has 0 radical (unpaired) electrons. The lowest BCUT2D eigenvalue weighted by atomic mass is 10.1. The highest BCUT2D eigenvalue weighted by atomic mass is 35.5. The maximum Gasteiger partial charge on any atom is 0.243 e. The van der Waals surface area contributed by atoms with E-state index in [9.17, 15) is 13.2 Å². The summed E-state index contributed by atoms with van der Waals surface area (Å²) in [6, 6.07) is 4.41. The minimum Gasteiger partial charge on any atom is -0.350 e. The smallest absolute Gasteiger partial charge is 0.243 e. The summed E-state index contributed by atoms with van der Waals surface area (Å²) in [5.41, 5.74) is 4.97. The van der Waals surface area contributed by atoms with Crippen LogP contribution < -0.4 is 15.8 Å². The number of hydrogen-bond acceptors (Lipinski definition) is 4. The van der Waals surface area contributed by atoms with Crippen LogP contribution in [0, 0.1) is 0 Å². The Hall–Kier alpha value is -0.860. The van der Waals surface area contributed by atoms with E-state index in [-0.39, 0.29) is 40.4 Å². The fraction of sp³-hybridized carbons (Fsp3) is 0.462. The van der Waals surface area contributed by atoms with Crippen LogP contribution in [0.4, 0.5) is 0 Å². The minimum atomic E-state index is -3.89. The Bertz CT molecular complexity index is 628. The van der Waals surface area contributed by atoms with Gasteiger partial charge in [0.2, 0.25) is 15.9 Å². The van der Waals surface area contributed by atoms with Gasteiger partial charge in [-0.15, -0.1) is 0 Å². The van der Waals surface area contributed by atoms with Gasteiger partial charge in [-0.1, -0.05) is 29.3 Å². The first kappa shape index (κ1) is 19.2. The van der Waals surface area contributed by atoms with Crippen molar-refractivity contribution < 1.29 is 13.2 Å². The number of nitrogens with one attached hydrogen (secondary N) is 2. The third-order valence-corrected chi connectivity index (χ3v) is 5.24. The van der Waals surface area contributed by atoms with Gasteiger partial charge in [-0.25, -0.2) is 13.1 Å². The number of nitrogens with two attached hydrogens (primary N) is 1. The lowest BCUT2D eigenvalue weighted by Crippen LogP contribution is -2.49. The SMILES string of the molecule is CC(C)(CN)NC(=O)CCNS(=O)(=O)c1c(Cl)cccc1Cl. The van der Waals surface area contributed by atoms with Crippen molar-refractivity contribution in [2.75, 3.05) is 13.1 Å². The Morgan fingerprint density at radius 2 is 1.82 bits per heavy atom. The molecule has 0 saturated carbocycles. The molecule has 0 unspecified atom stereocenters. The topological polar surface area (TPSA) is 101 Å². The van der Waals surface area contributed by atoms with Crippen LogP contribution in [0.3, 0.4) is 0 Å². The minimum absolute atomic E-state index is 0.0220. The standard InChI is InChI=1S/C13H19Cl2N3O3S/c1-13(2,8-16)18-11(19)6-7-17-22(20,21)12-9(14)4-3-5-10(12)15/h3-5,17H,6-8,16H2,1-2H3,(H,18,19). The van der Waals surface area contributed by atoms with Gasteiger partial charge in [0.25, 0.3) is 0 Å². The van der Waals surface area contributed by atoms with Crippen LogP contribution in [0.15, 0.2) is 23.1 Å². The molecule has 0 aliphatic heterocycles. The summed E-state index contributed by atoms with van der Waals surface area (Å²) < 4.78 is 26.6. The van der Waals surface area contributed by atoms with Crippen molar-refractivity contribution in [3.05, 3.63) is 28.2 Å². The summed E-state index contributed by atoms with van der Waals surface area (Å²) in [7, 11) is -3.89. The zero-order valence-corrected chi connectivity index (χ0v) is 14.6. The van der Waals surface area contributed by atoms with Crippen molar-refractivity contribution in [1.29, 1.82) is 0 Å². The van der Waals surface area contributed by atoms with Gasteiger partial charge in [0.05, 0.1) is 10.0 Å². The summed E-state index contributed by atoms with van der Waals surface area (Å²) in [5.74, 6) is -0.302. The van der Waals surface area contributed by atoms with Crippen LogP contribution in [0.2, 0.25) is 10.0 Å². The van der Waals surface area contributed by atoms with Gasteiger partial charge in [0.1, 0.15) is 4.90 Å². The summed E-state index contributed by atoms with van der Waals surface area (Å²) in [6.07, 6.45) is -0.0231. The average Bonchev–Trinajstić information content (AvgIpc) is 2.37. The van der Waals surface area contributed by atoms with Crippen LogP contribution in [0.5, 0.6) is 0 Å². The van der Waals surface area contributed by atoms with E-state index in [0.717, 1.165) is 0 Å². The van der Waals surface area contributed by atoms with Gasteiger partial charge in [-0.2, -0.15) is 0 Å². The molecule has 0 aliphatic carbocycles. The third kappa shape index (κ3) is 5.40. The maximum atomic E-state index is 12.2. The summed E-state index contributed by atoms with van der Waals surface area (Å²) in [6.45, 7) is 3.76. The van der Waals surface area contributed by atoms with E-state index < -0.39 is 15.6 Å². The molecule has 0 aromatic heterocycles. The first-order valence-corrected chi connectivity index (χ1v) is 8.78. The van der Waals surface area contributed by atoms with E-state index in [4.69, 9.17) is 28.9 Å². The van der Waals surface area contributed by atoms with Crippen LogP contribution >= 0.6 is 23.2 Å². The van der Waals surface area contributed by atoms with E-state index in [1.54, 1.807) is 19.9 Å². The molecule has 0 aliphatic rings. The van der Waals surface area contributed by atoms with Crippen molar-refractivity contribution in [3.8, 4) is 0 Å². The summed E-state index contributed by atoms with van der Waals surface area (Å²) in [4.78, 5) is 11.5. The van der Waals surface area contributed by atoms with E-state index in [1.807, 2.05) is 0 Å². The Balaban J connectivity index is 2.66. The molecule has 0 spiro atoms. The molecule has 0 atom stereocenters. The number of carbonyl (C=O) groups is 1. The molecule has 4 N–H and O–H groups in total. The molecule has 0 saturated heterocycles. The van der Waals surface area contributed by atoms with Crippen molar-refractivity contribution in [2.45, 2.75) is 30.7 Å². The predicted octanol–water partition coefficient (Wildman–Crippen LogP) is 1.52. The third-order valence-electron chi connectivity index (χ3n) is 2.82. The number of hydrogen-bond donors (Lipinski definition) is 3. The lowest BCUT2D eigenvalue weighted by molar-refractivity contribution is -0.122. The molecule has 1 amide bonds. The van der Waals surface area contributed by atoms with Crippen LogP contribution in [-0.4, -0.2) is 33.0 Å². The normalized spacial score (nSPS) is 12.2. The first-order chi connectivity index (χ1) is 10.1. The van der Waals surface area contributed by atoms with Crippen molar-refractivity contribution in [3.63, 3.8) is 0 Å². The number of benzene rings is 1. The quantitative estimate of drug-likeness (QED) is 0.679. The fourth-order valence-corrected chi connectivity index (χ4v) is 3.77. The van der Waals surface area contributed by atoms with E-state index in [1.165, 1.54) is 12.1 Å². The van der Waals surface area contributed by atoms with E-state index >= 15 is 0 Å². The highest BCUT2D eigenvalue weighted by Crippen LogP contribution is 2.28. The average molecular weight is 368 g/mol. The van der Waals surface area contributed by atoms with E-state index in [2.05, 4.69) is 10.0 Å². The van der Waals surface area contributed by atoms with E-state index in [0.29, 0.717) is 0 Å². The predicted molar refractivity (Wildman–Crippen MR) is 87.5 cm³/mol. The Morgan fingerprint density at radius 3 is 2.32 bits per heavy atom. The second-order valence-electron chi connectivity index (χ2n) is 5.33. The molecular weight excluding hydrogens is 349 g/mol. The number of carbonyl (C=O) groups excluding carboxylic acids is 1. The summed E-state index contributed by atoms with van der Waals surface area (Å²) in [5, 5.41) is 2.75. The van der Waals surface area contributed by atoms with Crippen molar-refractivity contribution >= 4 is 39.1 Å². The zero-order valence-electron chi connectivity index (χ0n) is 12.3. The van der Waals surface area contributed by atoms with Crippen molar-refractivity contribution in [2.24, 2.45) is 5.73 Å². The number of amides is 1. The monoisotopic (exact) mass is 367 g/mol. The van der Waals surface area contributed by atoms with Gasteiger partial charge < -0.3 is 11.1 Å². The molecule has 1 aromatic carbocycles. The largest absolute Gasteiger partial charge is 0.350 e. The molecule has 0 heterocycles. The molecule has 0 bridgehead atoms. The molecule has 1 rings (SSSR count). The molecule has 124 valence electrons. The second kappa shape index (κ2) is 7.61. The zero-order chi connectivity index (χ0) is 17.0. The molecule has 0 fully saturated rings. The van der Waals surface area contributed by atoms with Gasteiger partial charge >= 0.3 is 0 Å². The van der Waals surface area contributed by atoms with Gasteiger partial charge in [0, 0.05) is 25.0 Å². The number of halogens is 2. The fourth-order valence-electron chi connectivity index (χ4n) is 1.60. The van der Waals surface area contributed by atoms with Gasteiger partial charge in [0.15, 0.2) is 0 Å². The highest BCUT2D eigenvalue weighted by Gasteiger charge is 2.22. The molecule has 9 heteroatoms. The maximum absolute atomic E-state index is 12.2. The van der Waals surface area contributed by atoms with Crippen LogP contribution in [0.25, 0.3) is 0 Å². The molecule has 1 aromatic rings. The summed E-state index contributed by atoms with van der Waals surface area (Å²) >= 11 is 11.7. The Morgan fingerprint density at radius 1 is 1.27 bits per heavy atom. The van der Waals surface area contributed by atoms with Crippen LogP contribution in [0.1, 0.15) is 20.3 Å². The first-order valence-electron chi connectivity index (χ1n) is 6.54. The molecule has 6 nitrogen and oxygen atoms in total. The van der Waals surface area contributed by atoms with Crippen LogP contribution in [-0.2, 0) is 14.8 Å². The Kier molecular flexibility index (Phi) is 6.64. The number of rotatable bonds is 7. The molecular formula is C13H19Cl2N3O3S. The second-order valence-corrected chi connectivity index (χ2v) is 7.85. The Labute approximate surface area is 140 Å². The lowest BCUT2D eigenvalue weighted by Gasteiger charge is -2.24. The molecule has 22 heavy (non-hydrogen) atoms. The highest BCUT2D eigenvalue weighted by molar-refractivity contribution is 7.89. The van der Waals surface area contributed by atoms with Gasteiger partial charge in [-0.3, -0.25) is 4.79 Å². The number of sulfonamides is 1. The van der Waals surface area contributed by atoms with Crippen molar-refractivity contribution in [1.82, 2.24) is 10.0 Å².